The first-order valence-electron chi connectivity index (χ1n) is 15.1. The number of carbonyl (C=O) groups excluding carboxylic acids is 1. The fourth-order valence-electron chi connectivity index (χ4n) is 5.70. The third kappa shape index (κ3) is 7.99. The summed E-state index contributed by atoms with van der Waals surface area (Å²) in [5.41, 5.74) is 6.61. The minimum absolute atomic E-state index is 0.0306. The lowest BCUT2D eigenvalue weighted by molar-refractivity contribution is 0.0772. The summed E-state index contributed by atoms with van der Waals surface area (Å²) in [4.78, 5) is 37.5. The van der Waals surface area contributed by atoms with Crippen molar-refractivity contribution in [3.8, 4) is 5.75 Å². The van der Waals surface area contributed by atoms with Crippen molar-refractivity contribution in [2.45, 2.75) is 39.3 Å². The molecule has 0 aliphatic carbocycles. The van der Waals surface area contributed by atoms with Crippen molar-refractivity contribution >= 4 is 32.8 Å². The van der Waals surface area contributed by atoms with Crippen LogP contribution in [0.1, 0.15) is 44.6 Å². The maximum Gasteiger partial charge on any atom is 0.259 e. The number of anilines is 1. The number of aromatic nitrogens is 1. The Bertz CT molecular complexity index is 1780. The Balaban J connectivity index is 1.20. The molecule has 12 heteroatoms. The summed E-state index contributed by atoms with van der Waals surface area (Å²) in [7, 11) is -1.13. The topological polar surface area (TPSA) is 144 Å². The van der Waals surface area contributed by atoms with Gasteiger partial charge in [-0.05, 0) is 74.8 Å². The molecule has 5 rings (SSSR count). The summed E-state index contributed by atoms with van der Waals surface area (Å²) in [5.74, 6) is 0.804. The summed E-state index contributed by atoms with van der Waals surface area (Å²) >= 11 is 0. The van der Waals surface area contributed by atoms with E-state index in [4.69, 9.17) is 9.73 Å². The van der Waals surface area contributed by atoms with Crippen LogP contribution < -0.4 is 15.6 Å². The van der Waals surface area contributed by atoms with Crippen LogP contribution in [-0.4, -0.2) is 97.9 Å². The smallest absolute Gasteiger partial charge is 0.259 e. The molecule has 240 valence electrons. The molecule has 1 aromatic heterocycles. The average Bonchev–Trinajstić information content (AvgIpc) is 3.52. The maximum absolute atomic E-state index is 13.2. The molecule has 0 fully saturated rings. The SMILES string of the molecule is Cc1ccc(OC[C@H](O)CNc2cc[nH]c(=O)c2C2=Nc3cc4c(cc3C2)C(=O)N(CCCN(C)CCS(C)(=O)=O)C4)c(C)c1. The number of aryl methyl sites for hydroxylation is 2. The molecule has 3 N–H and O–H groups in total. The van der Waals surface area contributed by atoms with Crippen LogP contribution in [0.15, 0.2) is 52.4 Å². The van der Waals surface area contributed by atoms with E-state index in [-0.39, 0.29) is 30.4 Å². The number of hydrogen-bond donors (Lipinski definition) is 3. The summed E-state index contributed by atoms with van der Waals surface area (Å²) < 4.78 is 28.6. The van der Waals surface area contributed by atoms with Crippen LogP contribution >= 0.6 is 0 Å². The number of aliphatic imine (C=N–C) groups is 1. The van der Waals surface area contributed by atoms with Gasteiger partial charge >= 0.3 is 0 Å². The zero-order valence-electron chi connectivity index (χ0n) is 26.2. The highest BCUT2D eigenvalue weighted by Gasteiger charge is 2.31. The molecule has 2 aliphatic heterocycles. The van der Waals surface area contributed by atoms with Crippen LogP contribution in [0.4, 0.5) is 11.4 Å². The van der Waals surface area contributed by atoms with E-state index < -0.39 is 15.9 Å². The summed E-state index contributed by atoms with van der Waals surface area (Å²) in [6.45, 7) is 6.46. The van der Waals surface area contributed by atoms with E-state index in [1.54, 1.807) is 12.3 Å². The lowest BCUT2D eigenvalue weighted by atomic mass is 10.00. The molecule has 0 saturated heterocycles. The van der Waals surface area contributed by atoms with Gasteiger partial charge in [0.15, 0.2) is 0 Å². The standard InChI is InChI=1S/C33H41N5O6S/c1-21-6-7-30(22(2)14-21)44-20-25(39)18-35-27-8-9-34-32(40)31(27)29-16-23-15-26-24(17-28(23)36-29)19-38(33(26)41)11-5-10-37(3)12-13-45(4,42)43/h6-9,14-15,17,25,39H,5,10-13,16,18-20H2,1-4H3,(H2,34,35,40)/t25-/m1/s1. The number of H-pyrrole nitrogens is 1. The third-order valence-corrected chi connectivity index (χ3v) is 9.07. The molecule has 0 bridgehead atoms. The van der Waals surface area contributed by atoms with Gasteiger partial charge in [0.25, 0.3) is 11.5 Å². The number of pyridine rings is 1. The molecule has 2 aromatic carbocycles. The Morgan fingerprint density at radius 2 is 1.93 bits per heavy atom. The molecule has 0 saturated carbocycles. The van der Waals surface area contributed by atoms with E-state index in [0.717, 1.165) is 40.1 Å². The molecule has 0 spiro atoms. The van der Waals surface area contributed by atoms with Crippen LogP contribution in [0.3, 0.4) is 0 Å². The number of rotatable bonds is 14. The van der Waals surface area contributed by atoms with Crippen molar-refractivity contribution in [2.24, 2.45) is 4.99 Å². The van der Waals surface area contributed by atoms with Gasteiger partial charge in [0.2, 0.25) is 0 Å². The first-order chi connectivity index (χ1) is 21.4. The van der Waals surface area contributed by atoms with E-state index in [0.29, 0.717) is 55.1 Å². The van der Waals surface area contributed by atoms with Crippen molar-refractivity contribution < 1.29 is 23.1 Å². The highest BCUT2D eigenvalue weighted by atomic mass is 32.2. The molecular weight excluding hydrogens is 594 g/mol. The number of aromatic amines is 1. The van der Waals surface area contributed by atoms with Gasteiger partial charge in [-0.2, -0.15) is 0 Å². The molecular formula is C33H41N5O6S. The zero-order chi connectivity index (χ0) is 32.3. The molecule has 1 atom stereocenters. The number of nitrogens with zero attached hydrogens (tertiary/aromatic N) is 3. The number of nitrogens with one attached hydrogen (secondary N) is 2. The molecule has 1 amide bonds. The Hall–Kier alpha value is -4.00. The molecule has 3 aromatic rings. The van der Waals surface area contributed by atoms with Crippen molar-refractivity contribution in [3.63, 3.8) is 0 Å². The Morgan fingerprint density at radius 3 is 2.69 bits per heavy atom. The lowest BCUT2D eigenvalue weighted by Crippen LogP contribution is -2.30. The molecule has 0 radical (unpaired) electrons. The van der Waals surface area contributed by atoms with Crippen LogP contribution in [0.5, 0.6) is 5.75 Å². The fraction of sp³-hybridized carbons (Fsp3) is 0.424. The maximum atomic E-state index is 13.2. The summed E-state index contributed by atoms with van der Waals surface area (Å²) in [5, 5.41) is 13.8. The van der Waals surface area contributed by atoms with Crippen LogP contribution in [0, 0.1) is 13.8 Å². The number of aliphatic hydroxyl groups is 1. The highest BCUT2D eigenvalue weighted by molar-refractivity contribution is 7.90. The Labute approximate surface area is 263 Å². The fourth-order valence-corrected chi connectivity index (χ4v) is 6.34. The number of benzene rings is 2. The minimum atomic E-state index is -3.01. The molecule has 0 unspecified atom stereocenters. The first-order valence-corrected chi connectivity index (χ1v) is 17.2. The van der Waals surface area contributed by atoms with E-state index in [2.05, 4.69) is 10.3 Å². The number of ether oxygens (including phenoxy) is 1. The van der Waals surface area contributed by atoms with Crippen LogP contribution in [0.2, 0.25) is 0 Å². The summed E-state index contributed by atoms with van der Waals surface area (Å²) in [6, 6.07) is 11.5. The normalized spacial score (nSPS) is 14.8. The van der Waals surface area contributed by atoms with Gasteiger partial charge in [-0.3, -0.25) is 14.6 Å². The zero-order valence-corrected chi connectivity index (χ0v) is 27.0. The van der Waals surface area contributed by atoms with Crippen molar-refractivity contribution in [1.82, 2.24) is 14.8 Å². The van der Waals surface area contributed by atoms with Crippen LogP contribution in [0.25, 0.3) is 0 Å². The second kappa shape index (κ2) is 13.6. The number of sulfone groups is 1. The van der Waals surface area contributed by atoms with Gasteiger partial charge in [-0.25, -0.2) is 8.42 Å². The minimum Gasteiger partial charge on any atom is -0.491 e. The number of fused-ring (bicyclic) bond motifs is 2. The van der Waals surface area contributed by atoms with Gasteiger partial charge in [0.1, 0.15) is 28.3 Å². The highest BCUT2D eigenvalue weighted by Crippen LogP contribution is 2.36. The number of aliphatic hydroxyl groups excluding tert-OH is 1. The van der Waals surface area contributed by atoms with Gasteiger partial charge in [0.05, 0.1) is 28.4 Å². The predicted octanol–water partition coefficient (Wildman–Crippen LogP) is 2.84. The van der Waals surface area contributed by atoms with E-state index >= 15 is 0 Å². The molecule has 45 heavy (non-hydrogen) atoms. The molecule has 3 heterocycles. The number of carbonyl (C=O) groups is 1. The van der Waals surface area contributed by atoms with Gasteiger partial charge in [0, 0.05) is 50.6 Å². The average molecular weight is 636 g/mol. The van der Waals surface area contributed by atoms with Crippen molar-refractivity contribution in [3.05, 3.63) is 86.3 Å². The van der Waals surface area contributed by atoms with Crippen LogP contribution in [-0.2, 0) is 22.8 Å². The van der Waals surface area contributed by atoms with Gasteiger partial charge in [-0.1, -0.05) is 17.7 Å². The monoisotopic (exact) mass is 635 g/mol. The summed E-state index contributed by atoms with van der Waals surface area (Å²) in [6.07, 6.45) is 3.12. The first kappa shape index (κ1) is 32.4. The third-order valence-electron chi connectivity index (χ3n) is 8.15. The number of hydrogen-bond acceptors (Lipinski definition) is 9. The van der Waals surface area contributed by atoms with Gasteiger partial charge < -0.3 is 29.9 Å². The van der Waals surface area contributed by atoms with Crippen molar-refractivity contribution in [1.29, 1.82) is 0 Å². The second-order valence-corrected chi connectivity index (χ2v) is 14.4. The van der Waals surface area contributed by atoms with E-state index in [1.807, 2.05) is 61.0 Å². The quantitative estimate of drug-likeness (QED) is 0.245. The number of amides is 1. The van der Waals surface area contributed by atoms with Crippen molar-refractivity contribution in [2.75, 3.05) is 57.2 Å². The van der Waals surface area contributed by atoms with E-state index in [1.165, 1.54) is 6.26 Å². The Morgan fingerprint density at radius 1 is 1.13 bits per heavy atom. The predicted molar refractivity (Wildman–Crippen MR) is 176 cm³/mol. The lowest BCUT2D eigenvalue weighted by Gasteiger charge is -2.19. The largest absolute Gasteiger partial charge is 0.491 e. The Kier molecular flexibility index (Phi) is 9.76. The van der Waals surface area contributed by atoms with Gasteiger partial charge in [-0.15, -0.1) is 0 Å². The molecule has 2 aliphatic rings. The second-order valence-electron chi connectivity index (χ2n) is 12.1. The van der Waals surface area contributed by atoms with E-state index in [9.17, 15) is 23.1 Å². The molecule has 11 nitrogen and oxygen atoms in total.